The summed E-state index contributed by atoms with van der Waals surface area (Å²) in [5, 5.41) is 2.32. The smallest absolute Gasteiger partial charge is 0.0357 e. The van der Waals surface area contributed by atoms with Gasteiger partial charge >= 0.3 is 0 Å². The van der Waals surface area contributed by atoms with Crippen LogP contribution >= 0.6 is 15.9 Å². The van der Waals surface area contributed by atoms with Crippen LogP contribution in [0.2, 0.25) is 0 Å². The van der Waals surface area contributed by atoms with Crippen molar-refractivity contribution in [3.05, 3.63) is 76.5 Å². The monoisotopic (exact) mass is 326 g/mol. The molecule has 0 bridgehead atoms. The van der Waals surface area contributed by atoms with Crippen molar-refractivity contribution in [3.8, 4) is 0 Å². The molecule has 0 fully saturated rings. The molecule has 1 unspecified atom stereocenters. The average molecular weight is 327 g/mol. The van der Waals surface area contributed by atoms with E-state index in [2.05, 4.69) is 45.2 Å². The maximum absolute atomic E-state index is 6.39. The highest BCUT2D eigenvalue weighted by molar-refractivity contribution is 9.10. The van der Waals surface area contributed by atoms with Gasteiger partial charge in [0.15, 0.2) is 0 Å². The molecule has 3 heteroatoms. The Hall–Kier alpha value is -1.71. The first-order chi connectivity index (χ1) is 9.74. The number of benzene rings is 2. The quantitative estimate of drug-likeness (QED) is 0.781. The van der Waals surface area contributed by atoms with Crippen molar-refractivity contribution in [2.24, 2.45) is 5.73 Å². The zero-order valence-corrected chi connectivity index (χ0v) is 12.5. The molecule has 0 aliphatic carbocycles. The summed E-state index contributed by atoms with van der Waals surface area (Å²) in [7, 11) is 0. The number of hydrogen-bond donors (Lipinski definition) is 1. The van der Waals surface area contributed by atoms with E-state index in [1.807, 2.05) is 36.7 Å². The molecule has 20 heavy (non-hydrogen) atoms. The molecule has 0 saturated heterocycles. The van der Waals surface area contributed by atoms with Gasteiger partial charge in [0.2, 0.25) is 0 Å². The van der Waals surface area contributed by atoms with Gasteiger partial charge in [-0.2, -0.15) is 0 Å². The molecule has 100 valence electrons. The third-order valence-electron chi connectivity index (χ3n) is 3.44. The molecular formula is C17H15BrN2. The van der Waals surface area contributed by atoms with Crippen LogP contribution in [0.3, 0.4) is 0 Å². The van der Waals surface area contributed by atoms with Gasteiger partial charge < -0.3 is 5.73 Å². The standard InChI is InChI=1S/C17H15BrN2/c18-14-6-3-4-12(8-14)9-17(19)16-11-20-10-13-5-1-2-7-15(13)16/h1-8,10-11,17H,9,19H2. The van der Waals surface area contributed by atoms with Gasteiger partial charge in [-0.15, -0.1) is 0 Å². The minimum atomic E-state index is -0.0529. The zero-order chi connectivity index (χ0) is 13.9. The van der Waals surface area contributed by atoms with E-state index in [4.69, 9.17) is 5.73 Å². The van der Waals surface area contributed by atoms with Crippen LogP contribution in [0.1, 0.15) is 17.2 Å². The maximum atomic E-state index is 6.39. The Morgan fingerprint density at radius 3 is 2.75 bits per heavy atom. The highest BCUT2D eigenvalue weighted by Crippen LogP contribution is 2.25. The van der Waals surface area contributed by atoms with E-state index in [1.165, 1.54) is 10.9 Å². The molecule has 0 amide bonds. The summed E-state index contributed by atoms with van der Waals surface area (Å²) in [4.78, 5) is 4.30. The van der Waals surface area contributed by atoms with Gasteiger partial charge in [-0.25, -0.2) is 0 Å². The Balaban J connectivity index is 1.94. The normalized spacial score (nSPS) is 12.5. The molecular weight excluding hydrogens is 312 g/mol. The van der Waals surface area contributed by atoms with Crippen molar-refractivity contribution in [2.75, 3.05) is 0 Å². The predicted octanol–water partition coefficient (Wildman–Crippen LogP) is 4.24. The first kappa shape index (κ1) is 13.3. The Morgan fingerprint density at radius 1 is 1.05 bits per heavy atom. The molecule has 3 aromatic rings. The van der Waals surface area contributed by atoms with E-state index in [-0.39, 0.29) is 6.04 Å². The summed E-state index contributed by atoms with van der Waals surface area (Å²) in [5.41, 5.74) is 8.71. The van der Waals surface area contributed by atoms with E-state index in [0.29, 0.717) is 0 Å². The molecule has 0 radical (unpaired) electrons. The Labute approximate surface area is 126 Å². The van der Waals surface area contributed by atoms with Crippen LogP contribution in [-0.4, -0.2) is 4.98 Å². The number of rotatable bonds is 3. The van der Waals surface area contributed by atoms with E-state index in [1.54, 1.807) is 0 Å². The topological polar surface area (TPSA) is 38.9 Å². The number of nitrogens with two attached hydrogens (primary N) is 1. The predicted molar refractivity (Wildman–Crippen MR) is 86.5 cm³/mol. The number of hydrogen-bond acceptors (Lipinski definition) is 2. The highest BCUT2D eigenvalue weighted by Gasteiger charge is 2.11. The first-order valence-corrected chi connectivity index (χ1v) is 7.36. The third-order valence-corrected chi connectivity index (χ3v) is 3.94. The molecule has 1 atom stereocenters. The summed E-state index contributed by atoms with van der Waals surface area (Å²) in [6.45, 7) is 0. The van der Waals surface area contributed by atoms with Crippen molar-refractivity contribution in [1.82, 2.24) is 4.98 Å². The molecule has 1 heterocycles. The zero-order valence-electron chi connectivity index (χ0n) is 11.0. The molecule has 0 aliphatic heterocycles. The molecule has 2 N–H and O–H groups in total. The minimum Gasteiger partial charge on any atom is -0.324 e. The third kappa shape index (κ3) is 2.74. The Kier molecular flexibility index (Phi) is 3.81. The lowest BCUT2D eigenvalue weighted by atomic mass is 9.97. The average Bonchev–Trinajstić information content (AvgIpc) is 2.46. The van der Waals surface area contributed by atoms with E-state index in [0.717, 1.165) is 21.8 Å². The van der Waals surface area contributed by atoms with Crippen molar-refractivity contribution in [3.63, 3.8) is 0 Å². The van der Waals surface area contributed by atoms with Gasteiger partial charge in [-0.3, -0.25) is 4.98 Å². The lowest BCUT2D eigenvalue weighted by molar-refractivity contribution is 0.724. The van der Waals surface area contributed by atoms with Gasteiger partial charge in [-0.05, 0) is 35.1 Å². The molecule has 0 spiro atoms. The SMILES string of the molecule is NC(Cc1cccc(Br)c1)c1cncc2ccccc12. The summed E-state index contributed by atoms with van der Waals surface area (Å²) < 4.78 is 1.08. The van der Waals surface area contributed by atoms with Gasteiger partial charge in [0.1, 0.15) is 0 Å². The van der Waals surface area contributed by atoms with Crippen LogP contribution < -0.4 is 5.73 Å². The van der Waals surface area contributed by atoms with Gasteiger partial charge in [0, 0.05) is 28.3 Å². The van der Waals surface area contributed by atoms with Crippen molar-refractivity contribution in [2.45, 2.75) is 12.5 Å². The van der Waals surface area contributed by atoms with Crippen LogP contribution in [0.15, 0.2) is 65.4 Å². The molecule has 2 aromatic carbocycles. The summed E-state index contributed by atoms with van der Waals surface area (Å²) >= 11 is 3.49. The summed E-state index contributed by atoms with van der Waals surface area (Å²) in [5.74, 6) is 0. The summed E-state index contributed by atoms with van der Waals surface area (Å²) in [6, 6.07) is 16.4. The number of halogens is 1. The van der Waals surface area contributed by atoms with Crippen molar-refractivity contribution in [1.29, 1.82) is 0 Å². The van der Waals surface area contributed by atoms with Crippen molar-refractivity contribution < 1.29 is 0 Å². The second-order valence-electron chi connectivity index (χ2n) is 4.89. The van der Waals surface area contributed by atoms with Crippen LogP contribution in [0.5, 0.6) is 0 Å². The van der Waals surface area contributed by atoms with Crippen LogP contribution in [0.25, 0.3) is 10.8 Å². The Bertz CT molecular complexity index is 734. The fourth-order valence-electron chi connectivity index (χ4n) is 2.46. The Morgan fingerprint density at radius 2 is 1.90 bits per heavy atom. The van der Waals surface area contributed by atoms with Gasteiger partial charge in [0.05, 0.1) is 0 Å². The van der Waals surface area contributed by atoms with E-state index in [9.17, 15) is 0 Å². The fourth-order valence-corrected chi connectivity index (χ4v) is 2.91. The first-order valence-electron chi connectivity index (χ1n) is 6.57. The molecule has 0 aliphatic rings. The van der Waals surface area contributed by atoms with Gasteiger partial charge in [0.25, 0.3) is 0 Å². The van der Waals surface area contributed by atoms with Crippen LogP contribution in [-0.2, 0) is 6.42 Å². The lowest BCUT2D eigenvalue weighted by Gasteiger charge is -2.14. The van der Waals surface area contributed by atoms with Crippen molar-refractivity contribution >= 4 is 26.7 Å². The van der Waals surface area contributed by atoms with Crippen LogP contribution in [0, 0.1) is 0 Å². The van der Waals surface area contributed by atoms with Crippen LogP contribution in [0.4, 0.5) is 0 Å². The second-order valence-corrected chi connectivity index (χ2v) is 5.81. The maximum Gasteiger partial charge on any atom is 0.0357 e. The summed E-state index contributed by atoms with van der Waals surface area (Å²) in [6.07, 6.45) is 4.56. The van der Waals surface area contributed by atoms with Gasteiger partial charge in [-0.1, -0.05) is 52.3 Å². The second kappa shape index (κ2) is 5.73. The van der Waals surface area contributed by atoms with E-state index < -0.39 is 0 Å². The number of fused-ring (bicyclic) bond motifs is 1. The largest absolute Gasteiger partial charge is 0.324 e. The molecule has 3 rings (SSSR count). The number of nitrogens with zero attached hydrogens (tertiary/aromatic N) is 1. The molecule has 2 nitrogen and oxygen atoms in total. The molecule has 0 saturated carbocycles. The number of aromatic nitrogens is 1. The minimum absolute atomic E-state index is 0.0529. The van der Waals surface area contributed by atoms with E-state index >= 15 is 0 Å². The number of pyridine rings is 1. The lowest BCUT2D eigenvalue weighted by Crippen LogP contribution is -2.14. The molecule has 1 aromatic heterocycles. The highest BCUT2D eigenvalue weighted by atomic mass is 79.9. The fraction of sp³-hybridized carbons (Fsp3) is 0.118.